The number of carbonyl (C=O) groups is 2. The van der Waals surface area contributed by atoms with Gasteiger partial charge in [-0.25, -0.2) is 0 Å². The summed E-state index contributed by atoms with van der Waals surface area (Å²) in [5.74, 6) is 4.16. The number of carboxylic acids is 1. The van der Waals surface area contributed by atoms with Crippen LogP contribution in [0.3, 0.4) is 0 Å². The molecule has 0 spiro atoms. The Bertz CT molecular complexity index is 656. The van der Waals surface area contributed by atoms with E-state index in [2.05, 4.69) is 11.8 Å². The van der Waals surface area contributed by atoms with Gasteiger partial charge in [0.15, 0.2) is 0 Å². The summed E-state index contributed by atoms with van der Waals surface area (Å²) in [5.41, 5.74) is 0.838. The number of carboxylic acid groups (broad SMARTS) is 1. The van der Waals surface area contributed by atoms with Crippen molar-refractivity contribution in [3.63, 3.8) is 0 Å². The standard InChI is InChI=1S/C14H9NO3S2/c16-12(17)9-15-13(18)11(20-14(15)19)8-4-7-10-5-2-1-3-6-10/h1-3,5-6,8H,9H2,(H,16,17). The van der Waals surface area contributed by atoms with Gasteiger partial charge in [0, 0.05) is 11.6 Å². The zero-order valence-electron chi connectivity index (χ0n) is 10.2. The third-order valence-corrected chi connectivity index (χ3v) is 3.74. The maximum atomic E-state index is 11.9. The summed E-state index contributed by atoms with van der Waals surface area (Å²) < 4.78 is 0.241. The second-order valence-corrected chi connectivity index (χ2v) is 5.47. The molecule has 0 saturated carbocycles. The molecule has 1 N–H and O–H groups in total. The summed E-state index contributed by atoms with van der Waals surface area (Å²) in [6.07, 6.45) is 1.47. The molecule has 1 aromatic rings. The summed E-state index contributed by atoms with van der Waals surface area (Å²) in [5, 5.41) is 8.71. The molecule has 0 aliphatic carbocycles. The van der Waals surface area contributed by atoms with Crippen molar-refractivity contribution in [3.8, 4) is 11.8 Å². The van der Waals surface area contributed by atoms with Gasteiger partial charge >= 0.3 is 5.97 Å². The first-order chi connectivity index (χ1) is 9.58. The van der Waals surface area contributed by atoms with Crippen molar-refractivity contribution in [1.82, 2.24) is 4.90 Å². The Morgan fingerprint density at radius 2 is 2.10 bits per heavy atom. The normalized spacial score (nSPS) is 16.2. The van der Waals surface area contributed by atoms with Crippen LogP contribution in [0.15, 0.2) is 41.3 Å². The molecular weight excluding hydrogens is 294 g/mol. The van der Waals surface area contributed by atoms with E-state index >= 15 is 0 Å². The van der Waals surface area contributed by atoms with Crippen LogP contribution in [0.4, 0.5) is 0 Å². The van der Waals surface area contributed by atoms with Crippen LogP contribution in [0.2, 0.25) is 0 Å². The second-order valence-electron chi connectivity index (χ2n) is 3.80. The predicted octanol–water partition coefficient (Wildman–Crippen LogP) is 1.87. The largest absolute Gasteiger partial charge is 0.480 e. The fourth-order valence-electron chi connectivity index (χ4n) is 1.48. The van der Waals surface area contributed by atoms with E-state index in [9.17, 15) is 9.59 Å². The van der Waals surface area contributed by atoms with Gasteiger partial charge in [0.1, 0.15) is 10.9 Å². The Kier molecular flexibility index (Phi) is 4.56. The van der Waals surface area contributed by atoms with Crippen LogP contribution in [0.5, 0.6) is 0 Å². The van der Waals surface area contributed by atoms with Crippen molar-refractivity contribution in [2.24, 2.45) is 0 Å². The molecule has 2 rings (SSSR count). The van der Waals surface area contributed by atoms with Gasteiger partial charge in [0.2, 0.25) is 0 Å². The predicted molar refractivity (Wildman–Crippen MR) is 80.9 cm³/mol. The van der Waals surface area contributed by atoms with Crippen LogP contribution in [0.1, 0.15) is 5.56 Å². The van der Waals surface area contributed by atoms with Gasteiger partial charge in [-0.05, 0) is 12.1 Å². The molecule has 4 nitrogen and oxygen atoms in total. The fraction of sp³-hybridized carbons (Fsp3) is 0.0714. The Balaban J connectivity index is 2.13. The number of allylic oxidation sites excluding steroid dienone is 1. The average Bonchev–Trinajstić information content (AvgIpc) is 2.67. The summed E-state index contributed by atoms with van der Waals surface area (Å²) >= 11 is 6.03. The number of nitrogens with zero attached hydrogens (tertiary/aromatic N) is 1. The molecule has 20 heavy (non-hydrogen) atoms. The average molecular weight is 303 g/mol. The number of amides is 1. The maximum Gasteiger partial charge on any atom is 0.323 e. The molecule has 100 valence electrons. The number of thiocarbonyl (C=S) groups is 1. The van der Waals surface area contributed by atoms with Crippen LogP contribution in [0, 0.1) is 11.8 Å². The third-order valence-electron chi connectivity index (χ3n) is 2.36. The Hall–Kier alpha value is -2.10. The molecule has 6 heteroatoms. The van der Waals surface area contributed by atoms with E-state index in [4.69, 9.17) is 17.3 Å². The number of benzene rings is 1. The van der Waals surface area contributed by atoms with Crippen LogP contribution in [0.25, 0.3) is 0 Å². The molecular formula is C14H9NO3S2. The third kappa shape index (κ3) is 3.47. The van der Waals surface area contributed by atoms with Crippen molar-refractivity contribution >= 4 is 40.2 Å². The molecule has 1 amide bonds. The van der Waals surface area contributed by atoms with Crippen molar-refractivity contribution in [1.29, 1.82) is 0 Å². The van der Waals surface area contributed by atoms with Gasteiger partial charge in [-0.1, -0.05) is 54.0 Å². The quantitative estimate of drug-likeness (QED) is 0.513. The highest BCUT2D eigenvalue weighted by Crippen LogP contribution is 2.30. The lowest BCUT2D eigenvalue weighted by molar-refractivity contribution is -0.140. The molecule has 0 radical (unpaired) electrons. The molecule has 1 fully saturated rings. The minimum absolute atomic E-state index is 0.241. The summed E-state index contributed by atoms with van der Waals surface area (Å²) in [7, 11) is 0. The Morgan fingerprint density at radius 3 is 2.75 bits per heavy atom. The molecule has 1 saturated heterocycles. The number of aliphatic carboxylic acids is 1. The highest BCUT2D eigenvalue weighted by atomic mass is 32.2. The highest BCUT2D eigenvalue weighted by Gasteiger charge is 2.33. The van der Waals surface area contributed by atoms with E-state index in [0.29, 0.717) is 4.91 Å². The summed E-state index contributed by atoms with van der Waals surface area (Å²) in [6.45, 7) is -0.422. The van der Waals surface area contributed by atoms with Gasteiger partial charge in [-0.2, -0.15) is 0 Å². The van der Waals surface area contributed by atoms with Crippen molar-refractivity contribution < 1.29 is 14.7 Å². The van der Waals surface area contributed by atoms with Crippen molar-refractivity contribution in [2.75, 3.05) is 6.54 Å². The Morgan fingerprint density at radius 1 is 1.40 bits per heavy atom. The first-order valence-corrected chi connectivity index (χ1v) is 6.82. The van der Waals surface area contributed by atoms with Gasteiger partial charge in [-0.15, -0.1) is 0 Å². The molecule has 1 aliphatic rings. The van der Waals surface area contributed by atoms with E-state index in [1.807, 2.05) is 30.3 Å². The lowest BCUT2D eigenvalue weighted by Gasteiger charge is -2.09. The first kappa shape index (κ1) is 14.3. The van der Waals surface area contributed by atoms with E-state index < -0.39 is 18.4 Å². The van der Waals surface area contributed by atoms with E-state index in [0.717, 1.165) is 22.2 Å². The zero-order valence-corrected chi connectivity index (χ0v) is 11.8. The van der Waals surface area contributed by atoms with Crippen LogP contribution in [-0.2, 0) is 9.59 Å². The zero-order chi connectivity index (χ0) is 14.5. The second kappa shape index (κ2) is 6.37. The van der Waals surface area contributed by atoms with E-state index in [1.165, 1.54) is 6.08 Å². The van der Waals surface area contributed by atoms with E-state index in [1.54, 1.807) is 0 Å². The summed E-state index contributed by atoms with van der Waals surface area (Å²) in [6, 6.07) is 9.35. The van der Waals surface area contributed by atoms with Gasteiger partial charge in [0.05, 0.1) is 4.91 Å². The lowest BCUT2D eigenvalue weighted by atomic mass is 10.2. The molecule has 1 heterocycles. The van der Waals surface area contributed by atoms with Crippen LogP contribution < -0.4 is 0 Å². The molecule has 0 unspecified atom stereocenters. The number of hydrogen-bond acceptors (Lipinski definition) is 4. The van der Waals surface area contributed by atoms with Gasteiger partial charge < -0.3 is 5.11 Å². The lowest BCUT2D eigenvalue weighted by Crippen LogP contribution is -2.33. The maximum absolute atomic E-state index is 11.9. The minimum Gasteiger partial charge on any atom is -0.480 e. The molecule has 1 aliphatic heterocycles. The van der Waals surface area contributed by atoms with E-state index in [-0.39, 0.29) is 4.32 Å². The monoisotopic (exact) mass is 303 g/mol. The Labute approximate surface area is 125 Å². The van der Waals surface area contributed by atoms with Crippen molar-refractivity contribution in [2.45, 2.75) is 0 Å². The molecule has 0 bridgehead atoms. The highest BCUT2D eigenvalue weighted by molar-refractivity contribution is 8.26. The van der Waals surface area contributed by atoms with Gasteiger partial charge in [-0.3, -0.25) is 14.5 Å². The van der Waals surface area contributed by atoms with Crippen LogP contribution >= 0.6 is 24.0 Å². The number of carbonyl (C=O) groups excluding carboxylic acids is 1. The van der Waals surface area contributed by atoms with Gasteiger partial charge in [0.25, 0.3) is 5.91 Å². The minimum atomic E-state index is -1.10. The number of rotatable bonds is 2. The fourth-order valence-corrected chi connectivity index (χ4v) is 2.66. The van der Waals surface area contributed by atoms with Crippen molar-refractivity contribution in [3.05, 3.63) is 46.9 Å². The SMILES string of the molecule is O=C(O)CN1C(=O)C(=CC#Cc2ccccc2)SC1=S. The molecule has 1 aromatic carbocycles. The summed E-state index contributed by atoms with van der Waals surface area (Å²) in [4.78, 5) is 24.0. The molecule has 0 atom stereocenters. The number of thioether (sulfide) groups is 1. The number of hydrogen-bond donors (Lipinski definition) is 1. The smallest absolute Gasteiger partial charge is 0.323 e. The van der Waals surface area contributed by atoms with Crippen LogP contribution in [-0.4, -0.2) is 32.7 Å². The molecule has 0 aromatic heterocycles. The first-order valence-electron chi connectivity index (χ1n) is 5.60. The topological polar surface area (TPSA) is 57.6 Å².